The van der Waals surface area contributed by atoms with Gasteiger partial charge >= 0.3 is 0 Å². The van der Waals surface area contributed by atoms with Gasteiger partial charge in [-0.15, -0.1) is 0 Å². The predicted molar refractivity (Wildman–Crippen MR) is 74.8 cm³/mol. The van der Waals surface area contributed by atoms with Crippen LogP contribution in [0.2, 0.25) is 0 Å². The zero-order chi connectivity index (χ0) is 13.7. The van der Waals surface area contributed by atoms with E-state index in [0.717, 1.165) is 19.4 Å². The zero-order valence-electron chi connectivity index (χ0n) is 11.4. The summed E-state index contributed by atoms with van der Waals surface area (Å²) >= 11 is 0. The van der Waals surface area contributed by atoms with Crippen LogP contribution in [0.25, 0.3) is 0 Å². The number of carbonyl (C=O) groups is 1. The third-order valence-corrected chi connectivity index (χ3v) is 3.58. The molecule has 0 saturated carbocycles. The molecule has 1 aromatic carbocycles. The van der Waals surface area contributed by atoms with E-state index in [1.165, 1.54) is 5.56 Å². The number of aliphatic hydroxyl groups is 1. The van der Waals surface area contributed by atoms with E-state index in [1.54, 1.807) is 4.90 Å². The Labute approximate surface area is 114 Å². The maximum Gasteiger partial charge on any atom is 0.239 e. The van der Waals surface area contributed by atoms with E-state index < -0.39 is 0 Å². The largest absolute Gasteiger partial charge is 0.392 e. The van der Waals surface area contributed by atoms with Gasteiger partial charge in [0, 0.05) is 20.1 Å². The highest BCUT2D eigenvalue weighted by Gasteiger charge is 2.29. The highest BCUT2D eigenvalue weighted by molar-refractivity contribution is 5.82. The van der Waals surface area contributed by atoms with Gasteiger partial charge in [-0.2, -0.15) is 0 Å². The summed E-state index contributed by atoms with van der Waals surface area (Å²) in [6, 6.07) is 10.1. The zero-order valence-corrected chi connectivity index (χ0v) is 11.4. The standard InChI is InChI=1S/C15H22N2O2/c1-17(15(19)14-10-13(18)11-16-14)9-5-8-12-6-3-2-4-7-12/h2-4,6-7,13-14,16,18H,5,8-11H2,1H3. The normalized spacial score (nSPS) is 22.4. The fourth-order valence-electron chi connectivity index (χ4n) is 2.45. The third kappa shape index (κ3) is 4.04. The third-order valence-electron chi connectivity index (χ3n) is 3.58. The summed E-state index contributed by atoms with van der Waals surface area (Å²) < 4.78 is 0. The Kier molecular flexibility index (Phi) is 4.93. The van der Waals surface area contributed by atoms with Crippen molar-refractivity contribution >= 4 is 5.91 Å². The molecular weight excluding hydrogens is 240 g/mol. The van der Waals surface area contributed by atoms with Gasteiger partial charge in [0.25, 0.3) is 0 Å². The molecule has 0 radical (unpaired) electrons. The summed E-state index contributed by atoms with van der Waals surface area (Å²) in [7, 11) is 1.83. The average molecular weight is 262 g/mol. The van der Waals surface area contributed by atoms with Gasteiger partial charge in [-0.05, 0) is 24.8 Å². The SMILES string of the molecule is CN(CCCc1ccccc1)C(=O)C1CC(O)CN1. The first-order valence-corrected chi connectivity index (χ1v) is 6.87. The van der Waals surface area contributed by atoms with E-state index in [-0.39, 0.29) is 18.1 Å². The van der Waals surface area contributed by atoms with Crippen molar-refractivity contribution in [2.75, 3.05) is 20.1 Å². The lowest BCUT2D eigenvalue weighted by molar-refractivity contribution is -0.131. The molecule has 1 saturated heterocycles. The van der Waals surface area contributed by atoms with Crippen LogP contribution in [-0.4, -0.2) is 48.2 Å². The Morgan fingerprint density at radius 3 is 2.79 bits per heavy atom. The second-order valence-corrected chi connectivity index (χ2v) is 5.20. The number of likely N-dealkylation sites (N-methyl/N-ethyl adjacent to an activating group) is 1. The van der Waals surface area contributed by atoms with Gasteiger partial charge in [-0.25, -0.2) is 0 Å². The van der Waals surface area contributed by atoms with Crippen LogP contribution in [0.3, 0.4) is 0 Å². The molecule has 1 heterocycles. The van der Waals surface area contributed by atoms with Gasteiger partial charge in [0.15, 0.2) is 0 Å². The highest BCUT2D eigenvalue weighted by Crippen LogP contribution is 2.10. The number of aryl methyl sites for hydroxylation is 1. The molecule has 2 N–H and O–H groups in total. The molecule has 1 fully saturated rings. The number of benzene rings is 1. The molecule has 2 unspecified atom stereocenters. The highest BCUT2D eigenvalue weighted by atomic mass is 16.3. The quantitative estimate of drug-likeness (QED) is 0.825. The Hall–Kier alpha value is -1.39. The molecule has 104 valence electrons. The van der Waals surface area contributed by atoms with Crippen molar-refractivity contribution in [3.05, 3.63) is 35.9 Å². The van der Waals surface area contributed by atoms with Crippen molar-refractivity contribution in [2.24, 2.45) is 0 Å². The average Bonchev–Trinajstić information content (AvgIpc) is 2.85. The lowest BCUT2D eigenvalue weighted by Crippen LogP contribution is -2.42. The minimum atomic E-state index is -0.383. The van der Waals surface area contributed by atoms with E-state index in [0.29, 0.717) is 13.0 Å². The minimum absolute atomic E-state index is 0.0876. The number of amides is 1. The maximum absolute atomic E-state index is 12.1. The van der Waals surface area contributed by atoms with E-state index in [4.69, 9.17) is 0 Å². The number of β-amino-alcohol motifs (C(OH)–C–C–N with tert-alkyl or cyclic N) is 1. The molecule has 2 atom stereocenters. The van der Waals surface area contributed by atoms with Crippen LogP contribution in [0.5, 0.6) is 0 Å². The van der Waals surface area contributed by atoms with E-state index in [9.17, 15) is 9.90 Å². The lowest BCUT2D eigenvalue weighted by Gasteiger charge is -2.21. The number of hydrogen-bond acceptors (Lipinski definition) is 3. The van der Waals surface area contributed by atoms with Gasteiger partial charge in [0.1, 0.15) is 0 Å². The van der Waals surface area contributed by atoms with Gasteiger partial charge < -0.3 is 15.3 Å². The molecule has 1 amide bonds. The van der Waals surface area contributed by atoms with Crippen molar-refractivity contribution in [2.45, 2.75) is 31.4 Å². The first kappa shape index (κ1) is 14.0. The van der Waals surface area contributed by atoms with Crippen LogP contribution in [0.1, 0.15) is 18.4 Å². The monoisotopic (exact) mass is 262 g/mol. The Bertz CT molecular complexity index is 408. The number of aliphatic hydroxyl groups excluding tert-OH is 1. The molecule has 1 aromatic rings. The van der Waals surface area contributed by atoms with Crippen molar-refractivity contribution in [3.63, 3.8) is 0 Å². The van der Waals surface area contributed by atoms with E-state index in [1.807, 2.05) is 25.2 Å². The minimum Gasteiger partial charge on any atom is -0.392 e. The first-order chi connectivity index (χ1) is 9.16. The summed E-state index contributed by atoms with van der Waals surface area (Å²) in [5, 5.41) is 12.5. The molecule has 0 aromatic heterocycles. The van der Waals surface area contributed by atoms with Crippen molar-refractivity contribution in [3.8, 4) is 0 Å². The van der Waals surface area contributed by atoms with Crippen molar-refractivity contribution in [1.29, 1.82) is 0 Å². The number of carbonyl (C=O) groups excluding carboxylic acids is 1. The molecule has 2 rings (SSSR count). The van der Waals surface area contributed by atoms with Crippen LogP contribution in [0, 0.1) is 0 Å². The van der Waals surface area contributed by atoms with Crippen molar-refractivity contribution in [1.82, 2.24) is 10.2 Å². The Morgan fingerprint density at radius 2 is 2.16 bits per heavy atom. The molecule has 4 heteroatoms. The fraction of sp³-hybridized carbons (Fsp3) is 0.533. The molecule has 19 heavy (non-hydrogen) atoms. The Balaban J connectivity index is 1.72. The van der Waals surface area contributed by atoms with Crippen LogP contribution in [-0.2, 0) is 11.2 Å². The fourth-order valence-corrected chi connectivity index (χ4v) is 2.45. The van der Waals surface area contributed by atoms with E-state index in [2.05, 4.69) is 17.4 Å². The van der Waals surface area contributed by atoms with Gasteiger partial charge in [0.2, 0.25) is 5.91 Å². The van der Waals surface area contributed by atoms with Gasteiger partial charge in [-0.1, -0.05) is 30.3 Å². The first-order valence-electron chi connectivity index (χ1n) is 6.87. The molecule has 1 aliphatic rings. The molecule has 0 spiro atoms. The summed E-state index contributed by atoms with van der Waals surface area (Å²) in [6.07, 6.45) is 2.09. The van der Waals surface area contributed by atoms with Crippen LogP contribution >= 0.6 is 0 Å². The molecule has 0 bridgehead atoms. The molecule has 1 aliphatic heterocycles. The summed E-state index contributed by atoms with van der Waals surface area (Å²) in [5.41, 5.74) is 1.30. The van der Waals surface area contributed by atoms with Crippen LogP contribution in [0.15, 0.2) is 30.3 Å². The lowest BCUT2D eigenvalue weighted by atomic mass is 10.1. The van der Waals surface area contributed by atoms with Crippen molar-refractivity contribution < 1.29 is 9.90 Å². The van der Waals surface area contributed by atoms with Gasteiger partial charge in [0.05, 0.1) is 12.1 Å². The number of rotatable bonds is 5. The number of nitrogens with one attached hydrogen (secondary N) is 1. The number of nitrogens with zero attached hydrogens (tertiary/aromatic N) is 1. The molecule has 4 nitrogen and oxygen atoms in total. The summed E-state index contributed by atoms with van der Waals surface area (Å²) in [5.74, 6) is 0.0876. The summed E-state index contributed by atoms with van der Waals surface area (Å²) in [6.45, 7) is 1.27. The molecular formula is C15H22N2O2. The molecule has 0 aliphatic carbocycles. The van der Waals surface area contributed by atoms with Crippen LogP contribution < -0.4 is 5.32 Å². The number of hydrogen-bond donors (Lipinski definition) is 2. The summed E-state index contributed by atoms with van der Waals surface area (Å²) in [4.78, 5) is 13.8. The topological polar surface area (TPSA) is 52.6 Å². The predicted octanol–water partition coefficient (Wildman–Crippen LogP) is 0.800. The van der Waals surface area contributed by atoms with Crippen LogP contribution in [0.4, 0.5) is 0 Å². The maximum atomic E-state index is 12.1. The second kappa shape index (κ2) is 6.68. The van der Waals surface area contributed by atoms with E-state index >= 15 is 0 Å². The smallest absolute Gasteiger partial charge is 0.239 e. The van der Waals surface area contributed by atoms with Gasteiger partial charge in [-0.3, -0.25) is 4.79 Å². The Morgan fingerprint density at radius 1 is 1.42 bits per heavy atom. The second-order valence-electron chi connectivity index (χ2n) is 5.20.